The Bertz CT molecular complexity index is 1080. The molecule has 0 aliphatic rings. The van der Waals surface area contributed by atoms with Crippen LogP contribution in [-0.2, 0) is 14.8 Å². The molecule has 10 heteroatoms. The average molecular weight is 500 g/mol. The molecule has 174 valence electrons. The highest BCUT2D eigenvalue weighted by Crippen LogP contribution is 2.31. The van der Waals surface area contributed by atoms with Crippen LogP contribution in [0, 0.1) is 0 Å². The molecule has 2 aromatic carbocycles. The van der Waals surface area contributed by atoms with Crippen molar-refractivity contribution < 1.29 is 18.0 Å². The van der Waals surface area contributed by atoms with Crippen molar-refractivity contribution in [3.05, 3.63) is 58.1 Å². The van der Waals surface area contributed by atoms with Gasteiger partial charge in [0.15, 0.2) is 0 Å². The van der Waals surface area contributed by atoms with Crippen molar-refractivity contribution in [3.8, 4) is 0 Å². The van der Waals surface area contributed by atoms with Gasteiger partial charge in [0.2, 0.25) is 15.9 Å². The third-order valence-electron chi connectivity index (χ3n) is 4.78. The Kier molecular flexibility index (Phi) is 9.36. The van der Waals surface area contributed by atoms with Crippen LogP contribution in [0.15, 0.2) is 42.5 Å². The predicted octanol–water partition coefficient (Wildman–Crippen LogP) is 4.71. The Morgan fingerprint density at radius 2 is 1.81 bits per heavy atom. The van der Waals surface area contributed by atoms with Gasteiger partial charge in [-0.25, -0.2) is 8.42 Å². The summed E-state index contributed by atoms with van der Waals surface area (Å²) < 4.78 is 25.7. The number of benzene rings is 2. The summed E-state index contributed by atoms with van der Waals surface area (Å²) in [6.45, 7) is 3.91. The van der Waals surface area contributed by atoms with Gasteiger partial charge in [0.1, 0.15) is 0 Å². The fraction of sp³-hybridized carbons (Fsp3) is 0.364. The van der Waals surface area contributed by atoms with Crippen molar-refractivity contribution in [2.45, 2.75) is 39.2 Å². The molecule has 0 saturated carbocycles. The largest absolute Gasteiger partial charge is 0.350 e. The SMILES string of the molecule is CC[C@H](C)NC(=O)c1ccccc1NC(=O)CCCN(c1cc(Cl)ccc1Cl)S(C)(=O)=O. The first kappa shape index (κ1) is 26.0. The van der Waals surface area contributed by atoms with Gasteiger partial charge < -0.3 is 10.6 Å². The standard InChI is InChI=1S/C22H27Cl2N3O4S/c1-4-15(2)25-22(29)17-8-5-6-9-19(17)26-21(28)10-7-13-27(32(3,30)31)20-14-16(23)11-12-18(20)24/h5-6,8-9,11-12,14-15H,4,7,10,13H2,1-3H3,(H,25,29)(H,26,28)/t15-/m0/s1. The Morgan fingerprint density at radius 1 is 1.12 bits per heavy atom. The Labute approximate surface area is 199 Å². The molecule has 0 saturated heterocycles. The minimum Gasteiger partial charge on any atom is -0.350 e. The molecule has 0 spiro atoms. The van der Waals surface area contributed by atoms with E-state index in [0.717, 1.165) is 17.0 Å². The Morgan fingerprint density at radius 3 is 2.47 bits per heavy atom. The topological polar surface area (TPSA) is 95.6 Å². The molecule has 1 atom stereocenters. The van der Waals surface area contributed by atoms with E-state index < -0.39 is 10.0 Å². The first-order valence-electron chi connectivity index (χ1n) is 10.2. The van der Waals surface area contributed by atoms with Crippen molar-refractivity contribution in [2.24, 2.45) is 0 Å². The summed E-state index contributed by atoms with van der Waals surface area (Å²) in [6.07, 6.45) is 2.14. The van der Waals surface area contributed by atoms with E-state index >= 15 is 0 Å². The highest BCUT2D eigenvalue weighted by molar-refractivity contribution is 7.92. The van der Waals surface area contributed by atoms with Crippen LogP contribution in [-0.4, -0.2) is 39.1 Å². The third-order valence-corrected chi connectivity index (χ3v) is 6.51. The van der Waals surface area contributed by atoms with Crippen molar-refractivity contribution in [1.29, 1.82) is 0 Å². The van der Waals surface area contributed by atoms with Crippen LogP contribution in [0.3, 0.4) is 0 Å². The summed E-state index contributed by atoms with van der Waals surface area (Å²) in [5.74, 6) is -0.603. The lowest BCUT2D eigenvalue weighted by Crippen LogP contribution is -2.33. The maximum Gasteiger partial charge on any atom is 0.253 e. The fourth-order valence-corrected chi connectivity index (χ4v) is 4.34. The number of hydrogen-bond acceptors (Lipinski definition) is 4. The molecular weight excluding hydrogens is 473 g/mol. The van der Waals surface area contributed by atoms with E-state index in [4.69, 9.17) is 23.2 Å². The summed E-state index contributed by atoms with van der Waals surface area (Å²) in [5.41, 5.74) is 1.02. The first-order chi connectivity index (χ1) is 15.0. The summed E-state index contributed by atoms with van der Waals surface area (Å²) in [7, 11) is -3.64. The first-order valence-corrected chi connectivity index (χ1v) is 12.8. The van der Waals surface area contributed by atoms with Crippen molar-refractivity contribution in [2.75, 3.05) is 22.4 Å². The van der Waals surface area contributed by atoms with Gasteiger partial charge in [0.25, 0.3) is 5.91 Å². The quantitative estimate of drug-likeness (QED) is 0.494. The molecule has 0 unspecified atom stereocenters. The van der Waals surface area contributed by atoms with Crippen molar-refractivity contribution >= 4 is 56.4 Å². The highest BCUT2D eigenvalue weighted by atomic mass is 35.5. The van der Waals surface area contributed by atoms with Gasteiger partial charge in [0.05, 0.1) is 28.2 Å². The van der Waals surface area contributed by atoms with E-state index in [2.05, 4.69) is 10.6 Å². The number of anilines is 2. The molecule has 0 bridgehead atoms. The van der Waals surface area contributed by atoms with Crippen LogP contribution in [0.5, 0.6) is 0 Å². The molecule has 2 rings (SSSR count). The van der Waals surface area contributed by atoms with Crippen molar-refractivity contribution in [1.82, 2.24) is 5.32 Å². The molecule has 0 heterocycles. The molecule has 2 aromatic rings. The van der Waals surface area contributed by atoms with Gasteiger partial charge in [-0.1, -0.05) is 42.3 Å². The maximum atomic E-state index is 12.5. The summed E-state index contributed by atoms with van der Waals surface area (Å²) in [6, 6.07) is 11.3. The second-order valence-electron chi connectivity index (χ2n) is 7.41. The van der Waals surface area contributed by atoms with Crippen LogP contribution in [0.25, 0.3) is 0 Å². The number of hydrogen-bond donors (Lipinski definition) is 2. The van der Waals surface area contributed by atoms with Gasteiger partial charge in [0, 0.05) is 24.0 Å². The van der Waals surface area contributed by atoms with E-state index in [-0.39, 0.29) is 48.0 Å². The summed E-state index contributed by atoms with van der Waals surface area (Å²) in [4.78, 5) is 25.0. The third kappa shape index (κ3) is 7.39. The lowest BCUT2D eigenvalue weighted by Gasteiger charge is -2.23. The molecular formula is C22H27Cl2N3O4S. The molecule has 0 aromatic heterocycles. The lowest BCUT2D eigenvalue weighted by molar-refractivity contribution is -0.116. The van der Waals surface area contributed by atoms with Crippen LogP contribution in [0.2, 0.25) is 10.0 Å². The zero-order valence-corrected chi connectivity index (χ0v) is 20.5. The second kappa shape index (κ2) is 11.5. The highest BCUT2D eigenvalue weighted by Gasteiger charge is 2.21. The Hall–Kier alpha value is -2.29. The normalized spacial score (nSPS) is 12.2. The molecule has 7 nitrogen and oxygen atoms in total. The van der Waals surface area contributed by atoms with E-state index in [1.165, 1.54) is 12.1 Å². The summed E-state index contributed by atoms with van der Waals surface area (Å²) >= 11 is 12.1. The van der Waals surface area contributed by atoms with E-state index in [1.807, 2.05) is 13.8 Å². The minimum absolute atomic E-state index is 0.00606. The smallest absolute Gasteiger partial charge is 0.253 e. The van der Waals surface area contributed by atoms with Gasteiger partial charge in [-0.3, -0.25) is 13.9 Å². The molecule has 2 N–H and O–H groups in total. The minimum atomic E-state index is -3.64. The molecule has 0 aliphatic heterocycles. The lowest BCUT2D eigenvalue weighted by atomic mass is 10.1. The van der Waals surface area contributed by atoms with Crippen LogP contribution < -0.4 is 14.9 Å². The van der Waals surface area contributed by atoms with Crippen LogP contribution in [0.4, 0.5) is 11.4 Å². The number of amides is 2. The van der Waals surface area contributed by atoms with Gasteiger partial charge in [-0.2, -0.15) is 0 Å². The number of rotatable bonds is 10. The van der Waals surface area contributed by atoms with E-state index in [9.17, 15) is 18.0 Å². The molecule has 2 amide bonds. The van der Waals surface area contributed by atoms with Gasteiger partial charge in [-0.15, -0.1) is 0 Å². The molecule has 0 radical (unpaired) electrons. The van der Waals surface area contributed by atoms with E-state index in [1.54, 1.807) is 30.3 Å². The maximum absolute atomic E-state index is 12.5. The molecule has 0 aliphatic carbocycles. The van der Waals surface area contributed by atoms with E-state index in [0.29, 0.717) is 16.3 Å². The number of para-hydroxylation sites is 1. The van der Waals surface area contributed by atoms with Crippen LogP contribution >= 0.6 is 23.2 Å². The average Bonchev–Trinajstić information content (AvgIpc) is 2.72. The monoisotopic (exact) mass is 499 g/mol. The molecule has 0 fully saturated rings. The van der Waals surface area contributed by atoms with Gasteiger partial charge >= 0.3 is 0 Å². The number of carbonyl (C=O) groups excluding carboxylic acids is 2. The molecule has 32 heavy (non-hydrogen) atoms. The fourth-order valence-electron chi connectivity index (χ4n) is 2.93. The zero-order valence-electron chi connectivity index (χ0n) is 18.2. The number of nitrogens with zero attached hydrogens (tertiary/aromatic N) is 1. The van der Waals surface area contributed by atoms with Gasteiger partial charge in [-0.05, 0) is 50.1 Å². The zero-order chi connectivity index (χ0) is 23.9. The number of nitrogens with one attached hydrogen (secondary N) is 2. The van der Waals surface area contributed by atoms with Crippen molar-refractivity contribution in [3.63, 3.8) is 0 Å². The number of carbonyl (C=O) groups is 2. The second-order valence-corrected chi connectivity index (χ2v) is 10.2. The summed E-state index contributed by atoms with van der Waals surface area (Å²) in [5, 5.41) is 6.21. The number of sulfonamides is 1. The van der Waals surface area contributed by atoms with Crippen LogP contribution in [0.1, 0.15) is 43.5 Å². The number of halogens is 2. The predicted molar refractivity (Wildman–Crippen MR) is 130 cm³/mol. The Balaban J connectivity index is 2.05.